The number of aliphatic hydroxyl groups excluding tert-OH is 1. The highest BCUT2D eigenvalue weighted by Gasteiger charge is 2.30. The van der Waals surface area contributed by atoms with Gasteiger partial charge in [0.2, 0.25) is 0 Å². The number of carbonyl (C=O) groups is 3. The predicted octanol–water partition coefficient (Wildman–Crippen LogP) is 0.743. The number of hydrazine groups is 1. The van der Waals surface area contributed by atoms with Crippen LogP contribution in [0.5, 0.6) is 0 Å². The van der Waals surface area contributed by atoms with Crippen LogP contribution in [0.25, 0.3) is 0 Å². The normalized spacial score (nSPS) is 15.3. The molecular formula is C20H18N4O5. The van der Waals surface area contributed by atoms with Crippen molar-refractivity contribution < 1.29 is 24.3 Å². The first kappa shape index (κ1) is 19.9. The Morgan fingerprint density at radius 1 is 1.10 bits per heavy atom. The maximum absolute atomic E-state index is 12.5. The maximum Gasteiger partial charge on any atom is 0.376 e. The largest absolute Gasteiger partial charge is 0.395 e. The number of carbonyl (C=O) groups excluding carboxylic acids is 3. The molecule has 0 radical (unpaired) electrons. The van der Waals surface area contributed by atoms with Gasteiger partial charge in [0.25, 0.3) is 11.8 Å². The molecule has 1 heterocycles. The summed E-state index contributed by atoms with van der Waals surface area (Å²) in [6.07, 6.45) is 1.16. The summed E-state index contributed by atoms with van der Waals surface area (Å²) in [4.78, 5) is 45.8. The third kappa shape index (κ3) is 4.92. The fourth-order valence-electron chi connectivity index (χ4n) is 2.46. The summed E-state index contributed by atoms with van der Waals surface area (Å²) in [5, 5.41) is 12.7. The van der Waals surface area contributed by atoms with Crippen LogP contribution < -0.4 is 15.9 Å². The zero-order valence-electron chi connectivity index (χ0n) is 15.2. The van der Waals surface area contributed by atoms with E-state index in [0.29, 0.717) is 5.69 Å². The van der Waals surface area contributed by atoms with E-state index < -0.39 is 17.8 Å². The number of aliphatic imine (C=N–C) groups is 1. The average molecular weight is 394 g/mol. The number of nitrogens with one attached hydrogen (secondary N) is 2. The summed E-state index contributed by atoms with van der Waals surface area (Å²) in [7, 11) is 0. The quantitative estimate of drug-likeness (QED) is 0.488. The third-order valence-electron chi connectivity index (χ3n) is 3.84. The van der Waals surface area contributed by atoms with Crippen LogP contribution in [0.2, 0.25) is 0 Å². The maximum atomic E-state index is 12.5. The van der Waals surface area contributed by atoms with Crippen LogP contribution in [0.15, 0.2) is 77.4 Å². The van der Waals surface area contributed by atoms with E-state index in [4.69, 9.17) is 9.94 Å². The topological polar surface area (TPSA) is 120 Å². The summed E-state index contributed by atoms with van der Waals surface area (Å²) >= 11 is 0. The lowest BCUT2D eigenvalue weighted by molar-refractivity contribution is -0.140. The third-order valence-corrected chi connectivity index (χ3v) is 3.84. The van der Waals surface area contributed by atoms with E-state index in [2.05, 4.69) is 15.9 Å². The molecule has 9 nitrogen and oxygen atoms in total. The van der Waals surface area contributed by atoms with Crippen LogP contribution >= 0.6 is 0 Å². The van der Waals surface area contributed by atoms with E-state index in [1.54, 1.807) is 60.7 Å². The van der Waals surface area contributed by atoms with Gasteiger partial charge in [-0.05, 0) is 24.3 Å². The Morgan fingerprint density at radius 2 is 1.76 bits per heavy atom. The molecule has 1 fully saturated rings. The fraction of sp³-hybridized carbons (Fsp3) is 0.100. The molecule has 3 rings (SSSR count). The average Bonchev–Trinajstić information content (AvgIpc) is 3.12. The van der Waals surface area contributed by atoms with Gasteiger partial charge in [0.05, 0.1) is 12.3 Å². The van der Waals surface area contributed by atoms with Gasteiger partial charge in [0.15, 0.2) is 5.70 Å². The lowest BCUT2D eigenvalue weighted by Gasteiger charge is -2.15. The number of anilines is 1. The lowest BCUT2D eigenvalue weighted by Crippen LogP contribution is -2.34. The van der Waals surface area contributed by atoms with Crippen molar-refractivity contribution in [3.05, 3.63) is 78.0 Å². The van der Waals surface area contributed by atoms with Gasteiger partial charge in [-0.2, -0.15) is 0 Å². The highest BCUT2D eigenvalue weighted by atomic mass is 16.7. The molecule has 9 heteroatoms. The summed E-state index contributed by atoms with van der Waals surface area (Å²) in [5.41, 5.74) is 2.98. The Labute approximate surface area is 166 Å². The minimum Gasteiger partial charge on any atom is -0.395 e. The molecule has 0 saturated carbocycles. The van der Waals surface area contributed by atoms with Crippen molar-refractivity contribution >= 4 is 29.2 Å². The molecule has 2 amide bonds. The van der Waals surface area contributed by atoms with Crippen molar-refractivity contribution in [3.63, 3.8) is 0 Å². The highest BCUT2D eigenvalue weighted by Crippen LogP contribution is 2.21. The molecule has 0 spiro atoms. The number of benzene rings is 2. The standard InChI is InChI=1S/C20H18N4O5/c25-12-11-21-19(27)16(22-18(26)14-7-3-1-4-8-14)13-17-20(28)29-23-24(17)15-9-5-2-6-10-15/h1-10,13,23,25H,11-12H2,(H,21,27)/b17-13+,22-16?. The van der Waals surface area contributed by atoms with Crippen LogP contribution in [0.1, 0.15) is 10.4 Å². The molecule has 1 aliphatic heterocycles. The molecule has 1 saturated heterocycles. The predicted molar refractivity (Wildman–Crippen MR) is 105 cm³/mol. The smallest absolute Gasteiger partial charge is 0.376 e. The van der Waals surface area contributed by atoms with Crippen molar-refractivity contribution in [3.8, 4) is 0 Å². The number of hydrogen-bond donors (Lipinski definition) is 3. The molecule has 3 N–H and O–H groups in total. The number of aliphatic hydroxyl groups is 1. The number of para-hydroxylation sites is 1. The zero-order chi connectivity index (χ0) is 20.6. The van der Waals surface area contributed by atoms with Crippen LogP contribution in [0.4, 0.5) is 5.69 Å². The molecule has 2 aromatic carbocycles. The van der Waals surface area contributed by atoms with Gasteiger partial charge in [0, 0.05) is 18.2 Å². The molecular weight excluding hydrogens is 376 g/mol. The molecule has 1 aliphatic rings. The van der Waals surface area contributed by atoms with Gasteiger partial charge in [-0.25, -0.2) is 14.8 Å². The Kier molecular flexibility index (Phi) is 6.46. The molecule has 0 bridgehead atoms. The fourth-order valence-corrected chi connectivity index (χ4v) is 2.46. The van der Waals surface area contributed by atoms with Crippen molar-refractivity contribution in [2.24, 2.45) is 4.99 Å². The first-order valence-corrected chi connectivity index (χ1v) is 8.71. The van der Waals surface area contributed by atoms with E-state index in [-0.39, 0.29) is 30.1 Å². The summed E-state index contributed by atoms with van der Waals surface area (Å²) in [6, 6.07) is 17.0. The van der Waals surface area contributed by atoms with Gasteiger partial charge in [-0.15, -0.1) is 0 Å². The second kappa shape index (κ2) is 9.40. The van der Waals surface area contributed by atoms with E-state index in [1.807, 2.05) is 0 Å². The number of amides is 2. The summed E-state index contributed by atoms with van der Waals surface area (Å²) in [5.74, 6) is -2.12. The van der Waals surface area contributed by atoms with E-state index in [0.717, 1.165) is 6.08 Å². The number of rotatable bonds is 6. The van der Waals surface area contributed by atoms with Gasteiger partial charge in [-0.3, -0.25) is 9.59 Å². The van der Waals surface area contributed by atoms with E-state index in [9.17, 15) is 14.4 Å². The van der Waals surface area contributed by atoms with Crippen LogP contribution in [-0.2, 0) is 14.4 Å². The lowest BCUT2D eigenvalue weighted by atomic mass is 10.2. The minimum atomic E-state index is -0.747. The molecule has 0 aromatic heterocycles. The van der Waals surface area contributed by atoms with Crippen LogP contribution in [0.3, 0.4) is 0 Å². The van der Waals surface area contributed by atoms with Crippen molar-refractivity contribution in [2.75, 3.05) is 18.2 Å². The zero-order valence-corrected chi connectivity index (χ0v) is 15.2. The minimum absolute atomic E-state index is 0.0324. The SMILES string of the molecule is O=C(NCCO)C(/C=C1\C(=O)ONN1c1ccccc1)=NC(=O)c1ccccc1. The van der Waals surface area contributed by atoms with Crippen molar-refractivity contribution in [1.82, 2.24) is 10.9 Å². The number of nitrogens with zero attached hydrogens (tertiary/aromatic N) is 2. The van der Waals surface area contributed by atoms with E-state index >= 15 is 0 Å². The van der Waals surface area contributed by atoms with Gasteiger partial charge < -0.3 is 15.3 Å². The number of hydrogen-bond acceptors (Lipinski definition) is 7. The molecule has 148 valence electrons. The van der Waals surface area contributed by atoms with Crippen molar-refractivity contribution in [1.29, 1.82) is 0 Å². The second-order valence-electron chi connectivity index (χ2n) is 5.83. The molecule has 0 aliphatic carbocycles. The van der Waals surface area contributed by atoms with Gasteiger partial charge >= 0.3 is 5.97 Å². The Hall–Kier alpha value is -3.82. The first-order chi connectivity index (χ1) is 14.1. The second-order valence-corrected chi connectivity index (χ2v) is 5.83. The molecule has 0 unspecified atom stereocenters. The molecule has 29 heavy (non-hydrogen) atoms. The van der Waals surface area contributed by atoms with Crippen molar-refractivity contribution in [2.45, 2.75) is 0 Å². The highest BCUT2D eigenvalue weighted by molar-refractivity contribution is 6.45. The summed E-state index contributed by atoms with van der Waals surface area (Å²) < 4.78 is 0. The Morgan fingerprint density at radius 3 is 2.41 bits per heavy atom. The van der Waals surface area contributed by atoms with Crippen LogP contribution in [0, 0.1) is 0 Å². The Balaban J connectivity index is 1.98. The van der Waals surface area contributed by atoms with Gasteiger partial charge in [-0.1, -0.05) is 42.0 Å². The Bertz CT molecular complexity index is 957. The van der Waals surface area contributed by atoms with Gasteiger partial charge in [0.1, 0.15) is 5.71 Å². The van der Waals surface area contributed by atoms with E-state index in [1.165, 1.54) is 5.01 Å². The monoisotopic (exact) mass is 394 g/mol. The molecule has 2 aromatic rings. The molecule has 0 atom stereocenters. The van der Waals surface area contributed by atoms with Crippen LogP contribution in [-0.4, -0.2) is 41.8 Å². The summed E-state index contributed by atoms with van der Waals surface area (Å²) in [6.45, 7) is -0.326. The first-order valence-electron chi connectivity index (χ1n) is 8.71.